The molecule has 23 heavy (non-hydrogen) atoms. The van der Waals surface area contributed by atoms with Gasteiger partial charge in [0.1, 0.15) is 0 Å². The zero-order valence-electron chi connectivity index (χ0n) is 13.3. The summed E-state index contributed by atoms with van der Waals surface area (Å²) in [5.41, 5.74) is 2.75. The Balaban J connectivity index is 1.88. The van der Waals surface area contributed by atoms with E-state index in [0.717, 1.165) is 10.6 Å². The molecule has 2 N–H and O–H groups in total. The molecule has 130 valence electrons. The van der Waals surface area contributed by atoms with Crippen LogP contribution in [0.3, 0.4) is 0 Å². The molecule has 0 amide bonds. The van der Waals surface area contributed by atoms with Gasteiger partial charge in [-0.2, -0.15) is 13.2 Å². The number of aliphatic imine (C=N–C) groups is 1. The van der Waals surface area contributed by atoms with Crippen LogP contribution in [0.5, 0.6) is 0 Å². The minimum Gasteiger partial charge on any atom is -0.357 e. The molecule has 1 atom stereocenters. The molecule has 0 bridgehead atoms. The number of guanidine groups is 1. The smallest absolute Gasteiger partial charge is 0.357 e. The predicted octanol–water partition coefficient (Wildman–Crippen LogP) is 2.14. The van der Waals surface area contributed by atoms with E-state index in [1.54, 1.807) is 16.8 Å². The van der Waals surface area contributed by atoms with Crippen molar-refractivity contribution in [1.29, 1.82) is 0 Å². The monoisotopic (exact) mass is 349 g/mol. The highest BCUT2D eigenvalue weighted by atomic mass is 32.1. The van der Waals surface area contributed by atoms with Gasteiger partial charge in [0.05, 0.1) is 24.3 Å². The molecule has 1 aromatic heterocycles. The highest BCUT2D eigenvalue weighted by molar-refractivity contribution is 7.09. The number of hydrogen-bond donors (Lipinski definition) is 2. The van der Waals surface area contributed by atoms with Crippen LogP contribution in [0.15, 0.2) is 10.5 Å². The van der Waals surface area contributed by atoms with Crippen molar-refractivity contribution in [3.05, 3.63) is 16.1 Å². The van der Waals surface area contributed by atoms with Gasteiger partial charge < -0.3 is 10.6 Å². The molecule has 2 heterocycles. The molecule has 2 rings (SSSR count). The van der Waals surface area contributed by atoms with Gasteiger partial charge in [-0.3, -0.25) is 4.90 Å². The number of alkyl halides is 3. The summed E-state index contributed by atoms with van der Waals surface area (Å²) in [5.74, 6) is 0.638. The molecule has 1 aromatic rings. The molecular weight excluding hydrogens is 327 g/mol. The van der Waals surface area contributed by atoms with Gasteiger partial charge in [0, 0.05) is 30.6 Å². The predicted molar refractivity (Wildman–Crippen MR) is 85.7 cm³/mol. The molecular formula is C14H22F3N5S. The number of likely N-dealkylation sites (tertiary alicyclic amines) is 1. The van der Waals surface area contributed by atoms with E-state index in [1.165, 1.54) is 4.90 Å². The van der Waals surface area contributed by atoms with Crippen LogP contribution in [0.25, 0.3) is 0 Å². The van der Waals surface area contributed by atoms with Crippen LogP contribution in [-0.2, 0) is 6.54 Å². The first-order valence-corrected chi connectivity index (χ1v) is 8.48. The number of rotatable bonds is 5. The van der Waals surface area contributed by atoms with Crippen molar-refractivity contribution in [2.75, 3.05) is 26.2 Å². The van der Waals surface area contributed by atoms with Crippen molar-refractivity contribution in [2.24, 2.45) is 4.99 Å². The van der Waals surface area contributed by atoms with Gasteiger partial charge in [0.15, 0.2) is 5.96 Å². The third kappa shape index (κ3) is 5.98. The SMILES string of the molecule is CCNC(=NCc1scnc1C)NC1CCN(CC(F)(F)F)C1. The summed E-state index contributed by atoms with van der Waals surface area (Å²) in [5, 5.41) is 6.37. The third-order valence-electron chi connectivity index (χ3n) is 3.59. The van der Waals surface area contributed by atoms with E-state index < -0.39 is 12.7 Å². The Labute approximate surface area is 138 Å². The maximum atomic E-state index is 12.4. The first kappa shape index (κ1) is 18.0. The average Bonchev–Trinajstić information content (AvgIpc) is 3.04. The van der Waals surface area contributed by atoms with E-state index in [4.69, 9.17) is 0 Å². The van der Waals surface area contributed by atoms with Crippen LogP contribution in [0.4, 0.5) is 13.2 Å². The molecule has 1 unspecified atom stereocenters. The van der Waals surface area contributed by atoms with Crippen LogP contribution in [-0.4, -0.2) is 54.2 Å². The van der Waals surface area contributed by atoms with Crippen molar-refractivity contribution >= 4 is 17.3 Å². The van der Waals surface area contributed by atoms with Crippen molar-refractivity contribution < 1.29 is 13.2 Å². The van der Waals surface area contributed by atoms with E-state index in [9.17, 15) is 13.2 Å². The highest BCUT2D eigenvalue weighted by Gasteiger charge is 2.34. The zero-order valence-corrected chi connectivity index (χ0v) is 14.1. The molecule has 1 aliphatic heterocycles. The third-order valence-corrected chi connectivity index (χ3v) is 4.51. The first-order valence-electron chi connectivity index (χ1n) is 7.60. The molecule has 0 saturated carbocycles. The van der Waals surface area contributed by atoms with E-state index in [1.807, 2.05) is 13.8 Å². The number of thiazole rings is 1. The van der Waals surface area contributed by atoms with Crippen LogP contribution in [0.1, 0.15) is 23.9 Å². The summed E-state index contributed by atoms with van der Waals surface area (Å²) in [7, 11) is 0. The summed E-state index contributed by atoms with van der Waals surface area (Å²) in [6.07, 6.45) is -3.46. The fourth-order valence-corrected chi connectivity index (χ4v) is 3.19. The summed E-state index contributed by atoms with van der Waals surface area (Å²) in [6.45, 7) is 5.09. The Morgan fingerprint density at radius 2 is 2.30 bits per heavy atom. The van der Waals surface area contributed by atoms with E-state index >= 15 is 0 Å². The largest absolute Gasteiger partial charge is 0.401 e. The van der Waals surface area contributed by atoms with Crippen molar-refractivity contribution in [3.8, 4) is 0 Å². The molecule has 0 aromatic carbocycles. The van der Waals surface area contributed by atoms with Crippen LogP contribution in [0.2, 0.25) is 0 Å². The second-order valence-corrected chi connectivity index (χ2v) is 6.48. The molecule has 0 spiro atoms. The van der Waals surface area contributed by atoms with Crippen molar-refractivity contribution in [3.63, 3.8) is 0 Å². The number of hydrogen-bond acceptors (Lipinski definition) is 4. The minimum atomic E-state index is -4.14. The Bertz CT molecular complexity index is 529. The standard InChI is InChI=1S/C14H22F3N5S/c1-3-18-13(19-6-12-10(2)20-9-23-12)21-11-4-5-22(7-11)8-14(15,16)17/h9,11H,3-8H2,1-2H3,(H2,18,19,21). The maximum absolute atomic E-state index is 12.4. The van der Waals surface area contributed by atoms with Gasteiger partial charge in [-0.15, -0.1) is 11.3 Å². The van der Waals surface area contributed by atoms with E-state index in [-0.39, 0.29) is 6.04 Å². The quantitative estimate of drug-likeness (QED) is 0.632. The van der Waals surface area contributed by atoms with Gasteiger partial charge in [0.2, 0.25) is 0 Å². The molecule has 1 saturated heterocycles. The van der Waals surface area contributed by atoms with Gasteiger partial charge in [-0.05, 0) is 20.3 Å². The summed E-state index contributed by atoms with van der Waals surface area (Å²) >= 11 is 1.55. The number of aryl methyl sites for hydroxylation is 1. The molecule has 1 aliphatic rings. The minimum absolute atomic E-state index is 0.0160. The number of aromatic nitrogens is 1. The summed E-state index contributed by atoms with van der Waals surface area (Å²) in [4.78, 5) is 11.2. The molecule has 9 heteroatoms. The topological polar surface area (TPSA) is 52.6 Å². The van der Waals surface area contributed by atoms with Crippen LogP contribution < -0.4 is 10.6 Å². The molecule has 0 radical (unpaired) electrons. The molecule has 0 aliphatic carbocycles. The lowest BCUT2D eigenvalue weighted by atomic mass is 10.3. The number of nitrogens with one attached hydrogen (secondary N) is 2. The lowest BCUT2D eigenvalue weighted by Crippen LogP contribution is -2.45. The fraction of sp³-hybridized carbons (Fsp3) is 0.714. The van der Waals surface area contributed by atoms with Crippen LogP contribution in [0, 0.1) is 6.92 Å². The van der Waals surface area contributed by atoms with Crippen molar-refractivity contribution in [1.82, 2.24) is 20.5 Å². The normalized spacial score (nSPS) is 20.0. The fourth-order valence-electron chi connectivity index (χ4n) is 2.49. The Morgan fingerprint density at radius 3 is 2.91 bits per heavy atom. The lowest BCUT2D eigenvalue weighted by Gasteiger charge is -2.19. The Hall–Kier alpha value is -1.35. The lowest BCUT2D eigenvalue weighted by molar-refractivity contribution is -0.143. The van der Waals surface area contributed by atoms with E-state index in [0.29, 0.717) is 38.6 Å². The zero-order chi connectivity index (χ0) is 16.9. The van der Waals surface area contributed by atoms with Gasteiger partial charge in [-0.25, -0.2) is 9.98 Å². The second-order valence-electron chi connectivity index (χ2n) is 5.54. The average molecular weight is 349 g/mol. The molecule has 1 fully saturated rings. The van der Waals surface area contributed by atoms with Gasteiger partial charge in [-0.1, -0.05) is 0 Å². The Kier molecular flexibility index (Phi) is 6.23. The van der Waals surface area contributed by atoms with Gasteiger partial charge in [0.25, 0.3) is 0 Å². The number of nitrogens with zero attached hydrogens (tertiary/aromatic N) is 3. The molecule has 5 nitrogen and oxygen atoms in total. The first-order chi connectivity index (χ1) is 10.9. The maximum Gasteiger partial charge on any atom is 0.401 e. The second kappa shape index (κ2) is 7.96. The van der Waals surface area contributed by atoms with Gasteiger partial charge >= 0.3 is 6.18 Å². The van der Waals surface area contributed by atoms with Crippen LogP contribution >= 0.6 is 11.3 Å². The Morgan fingerprint density at radius 1 is 1.52 bits per heavy atom. The number of halogens is 3. The van der Waals surface area contributed by atoms with E-state index in [2.05, 4.69) is 20.6 Å². The van der Waals surface area contributed by atoms with Crippen molar-refractivity contribution in [2.45, 2.75) is 39.0 Å². The summed E-state index contributed by atoms with van der Waals surface area (Å²) < 4.78 is 37.3. The summed E-state index contributed by atoms with van der Waals surface area (Å²) in [6, 6.07) is -0.0160. The highest BCUT2D eigenvalue weighted by Crippen LogP contribution is 2.20.